The van der Waals surface area contributed by atoms with Gasteiger partial charge in [-0.3, -0.25) is 4.98 Å². The van der Waals surface area contributed by atoms with Crippen molar-refractivity contribution < 1.29 is 5.11 Å². The van der Waals surface area contributed by atoms with Crippen molar-refractivity contribution in [2.24, 2.45) is 0 Å². The van der Waals surface area contributed by atoms with Crippen molar-refractivity contribution in [3.8, 4) is 5.75 Å². The molecule has 0 unspecified atom stereocenters. The summed E-state index contributed by atoms with van der Waals surface area (Å²) in [5.41, 5.74) is 0.970. The smallest absolute Gasteiger partial charge is 0.133 e. The molecule has 0 spiro atoms. The average molecular weight is 226 g/mol. The molecule has 2 N–H and O–H groups in total. The van der Waals surface area contributed by atoms with E-state index in [4.69, 9.17) is 5.11 Å². The molecule has 15 heavy (non-hydrogen) atoms. The molecule has 0 saturated heterocycles. The van der Waals surface area contributed by atoms with E-state index >= 15 is 0 Å². The highest BCUT2D eigenvalue weighted by molar-refractivity contribution is 7.98. The van der Waals surface area contributed by atoms with Crippen LogP contribution >= 0.6 is 11.8 Å². The van der Waals surface area contributed by atoms with Crippen molar-refractivity contribution in [3.05, 3.63) is 24.0 Å². The molecular formula is C11H18N2OS. The third-order valence-electron chi connectivity index (χ3n) is 2.07. The van der Waals surface area contributed by atoms with Crippen LogP contribution in [0.3, 0.4) is 0 Å². The lowest BCUT2D eigenvalue weighted by atomic mass is 10.3. The lowest BCUT2D eigenvalue weighted by Gasteiger charge is -2.03. The van der Waals surface area contributed by atoms with E-state index in [1.165, 1.54) is 24.8 Å². The van der Waals surface area contributed by atoms with Crippen molar-refractivity contribution in [1.82, 2.24) is 10.3 Å². The van der Waals surface area contributed by atoms with Gasteiger partial charge in [0.2, 0.25) is 0 Å². The average Bonchev–Trinajstić information content (AvgIpc) is 2.26. The molecule has 1 rings (SSSR count). The van der Waals surface area contributed by atoms with Crippen molar-refractivity contribution in [3.63, 3.8) is 0 Å². The van der Waals surface area contributed by atoms with Gasteiger partial charge in [-0.1, -0.05) is 0 Å². The largest absolute Gasteiger partial charge is 0.506 e. The van der Waals surface area contributed by atoms with E-state index in [2.05, 4.69) is 16.6 Å². The number of hydrogen-bond donors (Lipinski definition) is 2. The first kappa shape index (κ1) is 12.3. The van der Waals surface area contributed by atoms with Crippen LogP contribution in [0.25, 0.3) is 0 Å². The number of rotatable bonds is 7. The molecule has 3 nitrogen and oxygen atoms in total. The van der Waals surface area contributed by atoms with E-state index in [1.54, 1.807) is 6.07 Å². The van der Waals surface area contributed by atoms with Gasteiger partial charge < -0.3 is 10.4 Å². The summed E-state index contributed by atoms with van der Waals surface area (Å²) in [6.45, 7) is 1.81. The van der Waals surface area contributed by atoms with Crippen LogP contribution in [0.2, 0.25) is 0 Å². The first-order valence-electron chi connectivity index (χ1n) is 5.16. The minimum atomic E-state index is 0.221. The maximum Gasteiger partial charge on any atom is 0.133 e. The second-order valence-corrected chi connectivity index (χ2v) is 4.37. The molecular weight excluding hydrogens is 208 g/mol. The van der Waals surface area contributed by atoms with Gasteiger partial charge in [-0.15, -0.1) is 0 Å². The zero-order valence-corrected chi connectivity index (χ0v) is 9.89. The summed E-state index contributed by atoms with van der Waals surface area (Å²) in [5.74, 6) is 1.46. The van der Waals surface area contributed by atoms with Crippen LogP contribution in [0, 0.1) is 0 Å². The summed E-state index contributed by atoms with van der Waals surface area (Å²) in [6.07, 6.45) is 6.08. The van der Waals surface area contributed by atoms with Gasteiger partial charge in [0.05, 0.1) is 11.9 Å². The Bertz CT molecular complexity index is 264. The zero-order chi connectivity index (χ0) is 10.9. The van der Waals surface area contributed by atoms with Gasteiger partial charge >= 0.3 is 0 Å². The number of aromatic hydroxyl groups is 1. The Kier molecular flexibility index (Phi) is 6.20. The summed E-state index contributed by atoms with van der Waals surface area (Å²) in [5, 5.41) is 12.4. The first-order valence-corrected chi connectivity index (χ1v) is 6.56. The lowest BCUT2D eigenvalue weighted by Crippen LogP contribution is -2.15. The SMILES string of the molecule is CSCCCCNCc1ccc(O)cn1. The zero-order valence-electron chi connectivity index (χ0n) is 9.07. The van der Waals surface area contributed by atoms with Crippen LogP contribution in [0.15, 0.2) is 18.3 Å². The van der Waals surface area contributed by atoms with Crippen LogP contribution in [-0.4, -0.2) is 28.6 Å². The third kappa shape index (κ3) is 5.64. The molecule has 0 saturated carbocycles. The van der Waals surface area contributed by atoms with Crippen molar-refractivity contribution in [2.75, 3.05) is 18.6 Å². The van der Waals surface area contributed by atoms with Gasteiger partial charge in [-0.05, 0) is 43.5 Å². The fraction of sp³-hybridized carbons (Fsp3) is 0.545. The summed E-state index contributed by atoms with van der Waals surface area (Å²) in [4.78, 5) is 4.10. The number of hydrogen-bond acceptors (Lipinski definition) is 4. The second kappa shape index (κ2) is 7.54. The Morgan fingerprint density at radius 2 is 2.27 bits per heavy atom. The number of aromatic nitrogens is 1. The van der Waals surface area contributed by atoms with Crippen LogP contribution in [0.1, 0.15) is 18.5 Å². The van der Waals surface area contributed by atoms with Crippen molar-refractivity contribution >= 4 is 11.8 Å². The maximum atomic E-state index is 9.04. The van der Waals surface area contributed by atoms with Gasteiger partial charge in [0.15, 0.2) is 0 Å². The Hall–Kier alpha value is -0.740. The number of nitrogens with zero attached hydrogens (tertiary/aromatic N) is 1. The lowest BCUT2D eigenvalue weighted by molar-refractivity contribution is 0.471. The van der Waals surface area contributed by atoms with Crippen molar-refractivity contribution in [2.45, 2.75) is 19.4 Å². The Labute approximate surface area is 95.3 Å². The molecule has 0 atom stereocenters. The van der Waals surface area contributed by atoms with Crippen LogP contribution in [0.4, 0.5) is 0 Å². The van der Waals surface area contributed by atoms with E-state index in [0.29, 0.717) is 0 Å². The highest BCUT2D eigenvalue weighted by Gasteiger charge is 1.94. The number of pyridine rings is 1. The predicted octanol–water partition coefficient (Wildman–Crippen LogP) is 2.02. The summed E-state index contributed by atoms with van der Waals surface area (Å²) in [6, 6.07) is 3.50. The summed E-state index contributed by atoms with van der Waals surface area (Å²) < 4.78 is 0. The second-order valence-electron chi connectivity index (χ2n) is 3.38. The Morgan fingerprint density at radius 1 is 1.40 bits per heavy atom. The molecule has 0 radical (unpaired) electrons. The first-order chi connectivity index (χ1) is 7.33. The summed E-state index contributed by atoms with van der Waals surface area (Å²) in [7, 11) is 0. The Balaban J connectivity index is 2.07. The minimum Gasteiger partial charge on any atom is -0.506 e. The molecule has 0 bridgehead atoms. The molecule has 1 aromatic heterocycles. The standard InChI is InChI=1S/C11H18N2OS/c1-15-7-3-2-6-12-8-10-4-5-11(14)9-13-10/h4-5,9,12,14H,2-3,6-8H2,1H3. The number of unbranched alkanes of at least 4 members (excludes halogenated alkanes) is 1. The molecule has 0 aliphatic heterocycles. The van der Waals surface area contributed by atoms with Gasteiger partial charge in [-0.2, -0.15) is 11.8 Å². The number of nitrogens with one attached hydrogen (secondary N) is 1. The Morgan fingerprint density at radius 3 is 2.93 bits per heavy atom. The van der Waals surface area contributed by atoms with Gasteiger partial charge in [0.25, 0.3) is 0 Å². The van der Waals surface area contributed by atoms with Crippen LogP contribution in [0.5, 0.6) is 5.75 Å². The highest BCUT2D eigenvalue weighted by Crippen LogP contribution is 2.05. The molecule has 0 fully saturated rings. The van der Waals surface area contributed by atoms with Gasteiger partial charge in [0, 0.05) is 6.54 Å². The minimum absolute atomic E-state index is 0.221. The third-order valence-corrected chi connectivity index (χ3v) is 2.76. The monoisotopic (exact) mass is 226 g/mol. The normalized spacial score (nSPS) is 10.5. The molecule has 4 heteroatoms. The molecule has 84 valence electrons. The highest BCUT2D eigenvalue weighted by atomic mass is 32.2. The topological polar surface area (TPSA) is 45.1 Å². The molecule has 1 heterocycles. The summed E-state index contributed by atoms with van der Waals surface area (Å²) >= 11 is 1.89. The predicted molar refractivity (Wildman–Crippen MR) is 65.2 cm³/mol. The quantitative estimate of drug-likeness (QED) is 0.698. The van der Waals surface area contributed by atoms with E-state index < -0.39 is 0 Å². The van der Waals surface area contributed by atoms with Crippen LogP contribution < -0.4 is 5.32 Å². The van der Waals surface area contributed by atoms with E-state index in [0.717, 1.165) is 18.8 Å². The molecule has 0 aliphatic carbocycles. The molecule has 1 aromatic rings. The van der Waals surface area contributed by atoms with E-state index in [1.807, 2.05) is 17.8 Å². The molecule has 0 amide bonds. The molecule has 0 aliphatic rings. The fourth-order valence-corrected chi connectivity index (χ4v) is 1.73. The number of thioether (sulfide) groups is 1. The van der Waals surface area contributed by atoms with E-state index in [9.17, 15) is 0 Å². The van der Waals surface area contributed by atoms with E-state index in [-0.39, 0.29) is 5.75 Å². The van der Waals surface area contributed by atoms with Gasteiger partial charge in [0.1, 0.15) is 5.75 Å². The molecule has 0 aromatic carbocycles. The van der Waals surface area contributed by atoms with Crippen molar-refractivity contribution in [1.29, 1.82) is 0 Å². The maximum absolute atomic E-state index is 9.04. The van der Waals surface area contributed by atoms with Gasteiger partial charge in [-0.25, -0.2) is 0 Å². The van der Waals surface area contributed by atoms with Crippen LogP contribution in [-0.2, 0) is 6.54 Å². The fourth-order valence-electron chi connectivity index (χ4n) is 1.23.